The van der Waals surface area contributed by atoms with Crippen LogP contribution in [-0.4, -0.2) is 43.4 Å². The predicted octanol–water partition coefficient (Wildman–Crippen LogP) is 7.07. The van der Waals surface area contributed by atoms with E-state index in [0.29, 0.717) is 41.2 Å². The normalized spacial score (nSPS) is 13.0. The number of nitrogens with zero attached hydrogens (tertiary/aromatic N) is 2. The van der Waals surface area contributed by atoms with Crippen molar-refractivity contribution >= 4 is 46.1 Å². The van der Waals surface area contributed by atoms with Crippen LogP contribution < -0.4 is 15.5 Å². The van der Waals surface area contributed by atoms with Crippen LogP contribution in [0.4, 0.5) is 17.1 Å². The first-order chi connectivity index (χ1) is 23.4. The molecule has 0 atom stereocenters. The zero-order chi connectivity index (χ0) is 33.5. The lowest BCUT2D eigenvalue weighted by atomic mass is 9.99. The lowest BCUT2D eigenvalue weighted by Gasteiger charge is -2.26. The van der Waals surface area contributed by atoms with Gasteiger partial charge in [0.05, 0.1) is 42.7 Å². The van der Waals surface area contributed by atoms with Crippen molar-refractivity contribution < 1.29 is 19.1 Å². The molecule has 0 aromatic heterocycles. The van der Waals surface area contributed by atoms with E-state index in [1.807, 2.05) is 115 Å². The largest absolute Gasteiger partial charge is 0.465 e. The van der Waals surface area contributed by atoms with Gasteiger partial charge in [-0.25, -0.2) is 4.79 Å². The number of carbonyl (C=O) groups is 3. The molecule has 1 aliphatic heterocycles. The van der Waals surface area contributed by atoms with Gasteiger partial charge in [-0.2, -0.15) is 0 Å². The predicted molar refractivity (Wildman–Crippen MR) is 190 cm³/mol. The molecule has 48 heavy (non-hydrogen) atoms. The van der Waals surface area contributed by atoms with Crippen LogP contribution in [-0.2, 0) is 27.4 Å². The number of carbonyl (C=O) groups excluding carboxylic acids is 3. The quantitative estimate of drug-likeness (QED) is 0.119. The molecule has 8 heteroatoms. The number of nitrogens with one attached hydrogen (secondary N) is 2. The van der Waals surface area contributed by atoms with E-state index < -0.39 is 5.97 Å². The third-order valence-corrected chi connectivity index (χ3v) is 8.13. The van der Waals surface area contributed by atoms with Gasteiger partial charge in [0.2, 0.25) is 5.91 Å². The van der Waals surface area contributed by atoms with Gasteiger partial charge in [0.15, 0.2) is 0 Å². The molecule has 0 saturated heterocycles. The van der Waals surface area contributed by atoms with Gasteiger partial charge in [-0.05, 0) is 60.1 Å². The summed E-state index contributed by atoms with van der Waals surface area (Å²) in [7, 11) is 3.27. The van der Waals surface area contributed by atoms with Crippen molar-refractivity contribution in [2.45, 2.75) is 13.1 Å². The van der Waals surface area contributed by atoms with Crippen LogP contribution in [0.2, 0.25) is 0 Å². The second kappa shape index (κ2) is 14.6. The molecule has 5 aromatic carbocycles. The monoisotopic (exact) mass is 636 g/mol. The molecular weight excluding hydrogens is 600 g/mol. The number of esters is 1. The van der Waals surface area contributed by atoms with Gasteiger partial charge in [0.25, 0.3) is 5.91 Å². The number of hydrogen-bond acceptors (Lipinski definition) is 6. The molecule has 1 heterocycles. The van der Waals surface area contributed by atoms with Crippen molar-refractivity contribution in [3.05, 3.63) is 161 Å². The second-order valence-electron chi connectivity index (χ2n) is 11.6. The molecule has 0 spiro atoms. The Bertz CT molecular complexity index is 1940. The lowest BCUT2D eigenvalue weighted by Crippen LogP contribution is -2.38. The third-order valence-electron chi connectivity index (χ3n) is 8.13. The fourth-order valence-corrected chi connectivity index (χ4v) is 5.78. The molecule has 6 rings (SSSR count). The number of benzene rings is 5. The first-order valence-electron chi connectivity index (χ1n) is 15.7. The molecule has 5 aromatic rings. The summed E-state index contributed by atoms with van der Waals surface area (Å²) >= 11 is 0. The first-order valence-corrected chi connectivity index (χ1v) is 15.7. The zero-order valence-corrected chi connectivity index (χ0v) is 26.9. The smallest absolute Gasteiger partial charge is 0.337 e. The minimum atomic E-state index is -0.478. The molecule has 2 N–H and O–H groups in total. The molecule has 0 saturated carbocycles. The van der Waals surface area contributed by atoms with Crippen molar-refractivity contribution in [2.24, 2.45) is 0 Å². The fraction of sp³-hybridized carbons (Fsp3) is 0.125. The number of anilines is 3. The van der Waals surface area contributed by atoms with Gasteiger partial charge in [0, 0.05) is 23.5 Å². The second-order valence-corrected chi connectivity index (χ2v) is 11.6. The number of hydrogen-bond donors (Lipinski definition) is 2. The van der Waals surface area contributed by atoms with Crippen molar-refractivity contribution in [2.75, 3.05) is 36.2 Å². The summed E-state index contributed by atoms with van der Waals surface area (Å²) in [6.45, 7) is 1.33. The van der Waals surface area contributed by atoms with Crippen LogP contribution in [0.5, 0.6) is 0 Å². The molecule has 0 bridgehead atoms. The Morgan fingerprint density at radius 1 is 0.729 bits per heavy atom. The van der Waals surface area contributed by atoms with E-state index in [4.69, 9.17) is 4.74 Å². The Balaban J connectivity index is 1.29. The highest BCUT2D eigenvalue weighted by Crippen LogP contribution is 2.38. The third kappa shape index (κ3) is 7.35. The highest BCUT2D eigenvalue weighted by molar-refractivity contribution is 6.37. The summed E-state index contributed by atoms with van der Waals surface area (Å²) in [5.74, 6) is -0.779. The van der Waals surface area contributed by atoms with Crippen molar-refractivity contribution in [3.8, 4) is 0 Å². The van der Waals surface area contributed by atoms with Crippen LogP contribution in [0, 0.1) is 0 Å². The van der Waals surface area contributed by atoms with E-state index in [-0.39, 0.29) is 18.4 Å². The fourth-order valence-electron chi connectivity index (χ4n) is 5.78. The molecule has 240 valence electrons. The van der Waals surface area contributed by atoms with E-state index in [0.717, 1.165) is 28.1 Å². The topological polar surface area (TPSA) is 91.0 Å². The van der Waals surface area contributed by atoms with Crippen LogP contribution in [0.15, 0.2) is 133 Å². The highest BCUT2D eigenvalue weighted by Gasteiger charge is 2.29. The Morgan fingerprint density at radius 2 is 1.33 bits per heavy atom. The van der Waals surface area contributed by atoms with Crippen LogP contribution in [0.3, 0.4) is 0 Å². The maximum Gasteiger partial charge on any atom is 0.337 e. The van der Waals surface area contributed by atoms with E-state index in [1.54, 1.807) is 23.1 Å². The SMILES string of the molecule is COC(=O)c1ccc2c(c1)NC(=O)/C2=C(\Nc1ccc(N(Cc2ccccc2)C(=O)CN(C)Cc2ccccc2)cc1)c1ccccc1. The van der Waals surface area contributed by atoms with Gasteiger partial charge in [0.1, 0.15) is 0 Å². The maximum atomic E-state index is 13.8. The number of rotatable bonds is 11. The molecule has 0 aliphatic carbocycles. The Hall–Kier alpha value is -5.99. The van der Waals surface area contributed by atoms with Crippen molar-refractivity contribution in [3.63, 3.8) is 0 Å². The summed E-state index contributed by atoms with van der Waals surface area (Å²) in [5.41, 5.74) is 7.12. The summed E-state index contributed by atoms with van der Waals surface area (Å²) in [4.78, 5) is 43.2. The summed E-state index contributed by atoms with van der Waals surface area (Å²) in [5, 5.41) is 6.38. The molecule has 0 fully saturated rings. The minimum Gasteiger partial charge on any atom is -0.465 e. The highest BCUT2D eigenvalue weighted by atomic mass is 16.5. The maximum absolute atomic E-state index is 13.8. The molecule has 1 aliphatic rings. The summed E-state index contributed by atoms with van der Waals surface area (Å²) in [6, 6.07) is 42.3. The van der Waals surface area contributed by atoms with Crippen molar-refractivity contribution in [1.29, 1.82) is 0 Å². The van der Waals surface area contributed by atoms with E-state index in [1.165, 1.54) is 7.11 Å². The minimum absolute atomic E-state index is 0.0179. The van der Waals surface area contributed by atoms with E-state index in [2.05, 4.69) is 22.8 Å². The average Bonchev–Trinajstić information content (AvgIpc) is 3.45. The first kappa shape index (κ1) is 32.0. The van der Waals surface area contributed by atoms with Crippen LogP contribution >= 0.6 is 0 Å². The van der Waals surface area contributed by atoms with Gasteiger partial charge in [-0.1, -0.05) is 97.1 Å². The lowest BCUT2D eigenvalue weighted by molar-refractivity contribution is -0.119. The standard InChI is InChI=1S/C40H36N4O4/c1-43(25-28-12-6-3-7-13-28)27-36(45)44(26-29-14-8-4-9-15-29)33-21-19-32(20-22-33)41-38(30-16-10-5-11-17-30)37-34-23-18-31(40(47)48-2)24-35(34)42-39(37)46/h3-24,41H,25-27H2,1-2H3,(H,42,46)/b38-37-. The molecule has 0 radical (unpaired) electrons. The van der Waals surface area contributed by atoms with E-state index >= 15 is 0 Å². The van der Waals surface area contributed by atoms with Crippen LogP contribution in [0.25, 0.3) is 11.3 Å². The van der Waals surface area contributed by atoms with Gasteiger partial charge in [-0.15, -0.1) is 0 Å². The molecule has 0 unspecified atom stereocenters. The number of ether oxygens (including phenoxy) is 1. The van der Waals surface area contributed by atoms with Gasteiger partial charge in [-0.3, -0.25) is 14.5 Å². The summed E-state index contributed by atoms with van der Waals surface area (Å²) < 4.78 is 4.86. The Morgan fingerprint density at radius 3 is 1.96 bits per heavy atom. The number of methoxy groups -OCH3 is 1. The average molecular weight is 637 g/mol. The van der Waals surface area contributed by atoms with Gasteiger partial charge >= 0.3 is 5.97 Å². The number of likely N-dealkylation sites (N-methyl/N-ethyl adjacent to an activating group) is 1. The molecule has 8 nitrogen and oxygen atoms in total. The van der Waals surface area contributed by atoms with Gasteiger partial charge < -0.3 is 20.3 Å². The van der Waals surface area contributed by atoms with E-state index in [9.17, 15) is 14.4 Å². The molecular formula is C40H36N4O4. The number of amides is 2. The zero-order valence-electron chi connectivity index (χ0n) is 26.9. The van der Waals surface area contributed by atoms with Crippen LogP contribution in [0.1, 0.15) is 32.6 Å². The number of fused-ring (bicyclic) bond motifs is 1. The Labute approximate surface area is 280 Å². The Kier molecular flexibility index (Phi) is 9.74. The summed E-state index contributed by atoms with van der Waals surface area (Å²) in [6.07, 6.45) is 0. The van der Waals surface area contributed by atoms with Crippen molar-refractivity contribution in [1.82, 2.24) is 4.90 Å². The molecule has 2 amide bonds.